The molecule has 0 fully saturated rings. The van der Waals surface area contributed by atoms with Crippen molar-refractivity contribution in [3.63, 3.8) is 0 Å². The normalized spacial score (nSPS) is 11.5. The van der Waals surface area contributed by atoms with E-state index in [2.05, 4.69) is 4.74 Å². The van der Waals surface area contributed by atoms with E-state index >= 15 is 0 Å². The lowest BCUT2D eigenvalue weighted by molar-refractivity contribution is -0.274. The number of Topliss-reactive ketones (excluding diaryl/α,β-unsaturated/α-hetero) is 1. The summed E-state index contributed by atoms with van der Waals surface area (Å²) < 4.78 is 39.9. The largest absolute Gasteiger partial charge is 0.573 e. The topological polar surface area (TPSA) is 26.3 Å². The number of alkyl halides is 3. The van der Waals surface area contributed by atoms with Crippen molar-refractivity contribution >= 4 is 17.1 Å². The van der Waals surface area contributed by atoms with Crippen molar-refractivity contribution in [1.82, 2.24) is 0 Å². The van der Waals surface area contributed by atoms with Crippen molar-refractivity contribution in [2.75, 3.05) is 0 Å². The number of aryl methyl sites for hydroxylation is 2. The highest BCUT2D eigenvalue weighted by molar-refractivity contribution is 7.14. The molecule has 0 atom stereocenters. The van der Waals surface area contributed by atoms with E-state index in [1.165, 1.54) is 35.6 Å². The minimum absolute atomic E-state index is 0.0410. The number of carbonyl (C=O) groups excluding carboxylic acids is 1. The van der Waals surface area contributed by atoms with Gasteiger partial charge in [0.1, 0.15) is 5.75 Å². The molecule has 1 heterocycles. The van der Waals surface area contributed by atoms with E-state index in [1.54, 1.807) is 0 Å². The van der Waals surface area contributed by atoms with Gasteiger partial charge in [0.25, 0.3) is 0 Å². The zero-order valence-corrected chi connectivity index (χ0v) is 12.3. The molecule has 0 saturated heterocycles. The van der Waals surface area contributed by atoms with Crippen LogP contribution >= 0.6 is 11.3 Å². The summed E-state index contributed by atoms with van der Waals surface area (Å²) in [7, 11) is 0. The van der Waals surface area contributed by atoms with Crippen LogP contribution in [0.5, 0.6) is 5.75 Å². The minimum atomic E-state index is -4.71. The Bertz CT molecular complexity index is 622. The van der Waals surface area contributed by atoms with Gasteiger partial charge < -0.3 is 4.74 Å². The lowest BCUT2D eigenvalue weighted by Gasteiger charge is -2.08. The highest BCUT2D eigenvalue weighted by atomic mass is 32.1. The van der Waals surface area contributed by atoms with E-state index in [-0.39, 0.29) is 18.0 Å². The van der Waals surface area contributed by atoms with Crippen LogP contribution in [-0.2, 0) is 6.42 Å². The molecule has 0 aliphatic carbocycles. The fraction of sp³-hybridized carbons (Fsp3) is 0.267. The first-order chi connectivity index (χ1) is 9.74. The molecule has 0 aliphatic rings. The van der Waals surface area contributed by atoms with Crippen molar-refractivity contribution in [2.45, 2.75) is 26.6 Å². The number of rotatable bonds is 4. The van der Waals surface area contributed by atoms with Gasteiger partial charge in [0.05, 0.1) is 4.88 Å². The Morgan fingerprint density at radius 2 is 1.81 bits per heavy atom. The zero-order valence-electron chi connectivity index (χ0n) is 11.5. The first kappa shape index (κ1) is 15.6. The van der Waals surface area contributed by atoms with Crippen molar-refractivity contribution in [1.29, 1.82) is 0 Å². The fourth-order valence-electron chi connectivity index (χ4n) is 1.79. The van der Waals surface area contributed by atoms with Gasteiger partial charge in [0.2, 0.25) is 0 Å². The van der Waals surface area contributed by atoms with Gasteiger partial charge >= 0.3 is 6.36 Å². The number of benzene rings is 1. The molecule has 0 saturated carbocycles. The Balaban J connectivity index is 2.05. The summed E-state index contributed by atoms with van der Waals surface area (Å²) in [5.41, 5.74) is 1.72. The lowest BCUT2D eigenvalue weighted by atomic mass is 10.1. The van der Waals surface area contributed by atoms with Crippen molar-refractivity contribution in [3.8, 4) is 5.75 Å². The van der Waals surface area contributed by atoms with Gasteiger partial charge in [0.15, 0.2) is 5.78 Å². The van der Waals surface area contributed by atoms with Gasteiger partial charge in [-0.05, 0) is 43.2 Å². The second-order valence-corrected chi connectivity index (χ2v) is 5.90. The third kappa shape index (κ3) is 4.32. The quantitative estimate of drug-likeness (QED) is 0.765. The Hall–Kier alpha value is -1.82. The van der Waals surface area contributed by atoms with E-state index < -0.39 is 6.36 Å². The van der Waals surface area contributed by atoms with E-state index in [1.807, 2.05) is 19.9 Å². The second kappa shape index (κ2) is 5.89. The maximum absolute atomic E-state index is 12.1. The summed E-state index contributed by atoms with van der Waals surface area (Å²) in [4.78, 5) is 13.8. The molecule has 0 aliphatic heterocycles. The summed E-state index contributed by atoms with van der Waals surface area (Å²) in [5.74, 6) is -0.331. The van der Waals surface area contributed by atoms with Crippen LogP contribution in [0.3, 0.4) is 0 Å². The molecule has 2 nitrogen and oxygen atoms in total. The van der Waals surface area contributed by atoms with Crippen molar-refractivity contribution < 1.29 is 22.7 Å². The SMILES string of the molecule is Cc1cc(C(=O)Cc2ccc(OC(F)(F)F)cc2)sc1C. The van der Waals surface area contributed by atoms with Crippen LogP contribution in [0.25, 0.3) is 0 Å². The van der Waals surface area contributed by atoms with Crippen LogP contribution in [0, 0.1) is 13.8 Å². The average Bonchev–Trinajstić information content (AvgIpc) is 2.70. The number of thiophene rings is 1. The molecule has 2 aromatic rings. The third-order valence-electron chi connectivity index (χ3n) is 2.96. The number of ketones is 1. The summed E-state index contributed by atoms with van der Waals surface area (Å²) >= 11 is 1.43. The maximum atomic E-state index is 12.1. The zero-order chi connectivity index (χ0) is 15.6. The summed E-state index contributed by atoms with van der Waals surface area (Å²) in [6.45, 7) is 3.88. The molecule has 0 amide bonds. The Kier molecular flexibility index (Phi) is 4.37. The molecule has 21 heavy (non-hydrogen) atoms. The highest BCUT2D eigenvalue weighted by Crippen LogP contribution is 2.24. The monoisotopic (exact) mass is 314 g/mol. The number of carbonyl (C=O) groups is 1. The van der Waals surface area contributed by atoms with E-state index in [0.29, 0.717) is 10.4 Å². The Labute approximate surface area is 124 Å². The number of hydrogen-bond donors (Lipinski definition) is 0. The maximum Gasteiger partial charge on any atom is 0.573 e. The van der Waals surface area contributed by atoms with Crippen LogP contribution in [0.2, 0.25) is 0 Å². The van der Waals surface area contributed by atoms with Gasteiger partial charge in [-0.25, -0.2) is 0 Å². The average molecular weight is 314 g/mol. The van der Waals surface area contributed by atoms with E-state index in [0.717, 1.165) is 10.4 Å². The molecule has 112 valence electrons. The first-order valence-corrected chi connectivity index (χ1v) is 7.01. The van der Waals surface area contributed by atoms with E-state index in [4.69, 9.17) is 0 Å². The third-order valence-corrected chi connectivity index (χ3v) is 4.16. The van der Waals surface area contributed by atoms with Crippen LogP contribution < -0.4 is 4.74 Å². The van der Waals surface area contributed by atoms with Gasteiger partial charge in [-0.3, -0.25) is 4.79 Å². The molecule has 0 unspecified atom stereocenters. The standard InChI is InChI=1S/C15H13F3O2S/c1-9-7-14(21-10(9)2)13(19)8-11-3-5-12(6-4-11)20-15(16,17)18/h3-7H,8H2,1-2H3. The van der Waals surface area contributed by atoms with Crippen LogP contribution in [-0.4, -0.2) is 12.1 Å². The lowest BCUT2D eigenvalue weighted by Crippen LogP contribution is -2.17. The minimum Gasteiger partial charge on any atom is -0.406 e. The molecule has 6 heteroatoms. The molecular formula is C15H13F3O2S. The van der Waals surface area contributed by atoms with Crippen molar-refractivity contribution in [2.24, 2.45) is 0 Å². The Morgan fingerprint density at radius 3 is 2.29 bits per heavy atom. The molecule has 1 aromatic heterocycles. The predicted octanol–water partition coefficient (Wildman–Crippen LogP) is 4.69. The molecular weight excluding hydrogens is 301 g/mol. The molecule has 0 spiro atoms. The first-order valence-electron chi connectivity index (χ1n) is 6.19. The van der Waals surface area contributed by atoms with Crippen molar-refractivity contribution in [3.05, 3.63) is 51.2 Å². The number of ether oxygens (including phenoxy) is 1. The van der Waals surface area contributed by atoms with Gasteiger partial charge in [-0.1, -0.05) is 12.1 Å². The summed E-state index contributed by atoms with van der Waals surface area (Å²) in [6, 6.07) is 7.18. The van der Waals surface area contributed by atoms with Crippen LogP contribution in [0.15, 0.2) is 30.3 Å². The van der Waals surface area contributed by atoms with E-state index in [9.17, 15) is 18.0 Å². The fourth-order valence-corrected chi connectivity index (χ4v) is 2.76. The van der Waals surface area contributed by atoms with Gasteiger partial charge in [-0.2, -0.15) is 0 Å². The van der Waals surface area contributed by atoms with Gasteiger partial charge in [0, 0.05) is 11.3 Å². The number of hydrogen-bond acceptors (Lipinski definition) is 3. The summed E-state index contributed by atoms with van der Waals surface area (Å²) in [5, 5.41) is 0. The van der Waals surface area contributed by atoms with Crippen LogP contribution in [0.4, 0.5) is 13.2 Å². The summed E-state index contributed by atoms with van der Waals surface area (Å²) in [6.07, 6.45) is -4.55. The molecule has 0 N–H and O–H groups in total. The van der Waals surface area contributed by atoms with Gasteiger partial charge in [-0.15, -0.1) is 24.5 Å². The van der Waals surface area contributed by atoms with Crippen LogP contribution in [0.1, 0.15) is 25.7 Å². The highest BCUT2D eigenvalue weighted by Gasteiger charge is 2.30. The Morgan fingerprint density at radius 1 is 1.19 bits per heavy atom. The molecule has 1 aromatic carbocycles. The molecule has 0 radical (unpaired) electrons. The number of halogens is 3. The second-order valence-electron chi connectivity index (χ2n) is 4.64. The molecule has 0 bridgehead atoms. The predicted molar refractivity (Wildman–Crippen MR) is 75.0 cm³/mol. The molecule has 2 rings (SSSR count). The smallest absolute Gasteiger partial charge is 0.406 e.